The van der Waals surface area contributed by atoms with E-state index >= 15 is 0 Å². The van der Waals surface area contributed by atoms with E-state index in [1.54, 1.807) is 6.07 Å². The molecule has 1 rings (SSSR count). The van der Waals surface area contributed by atoms with Crippen LogP contribution in [0.5, 0.6) is 0 Å². The van der Waals surface area contributed by atoms with Gasteiger partial charge in [-0.1, -0.05) is 0 Å². The zero-order valence-corrected chi connectivity index (χ0v) is 6.72. The second-order valence-electron chi connectivity index (χ2n) is 2.64. The number of pyridine rings is 1. The lowest BCUT2D eigenvalue weighted by molar-refractivity contribution is 0.148. The summed E-state index contributed by atoms with van der Waals surface area (Å²) in [5, 5.41) is 0. The fraction of sp³-hybridized carbons (Fsp3) is 0.375. The molecule has 0 aliphatic heterocycles. The molecule has 0 saturated carbocycles. The van der Waals surface area contributed by atoms with E-state index in [9.17, 15) is 8.78 Å². The van der Waals surface area contributed by atoms with Gasteiger partial charge in [-0.2, -0.15) is 0 Å². The standard InChI is InChI=1S/C8H10F2N2/c1-5-2-6(11)7(12-4-5)3-8(9)10/h2,4,8H,3,11H2,1H3. The fourth-order valence-electron chi connectivity index (χ4n) is 0.937. The largest absolute Gasteiger partial charge is 0.397 e. The van der Waals surface area contributed by atoms with E-state index in [2.05, 4.69) is 4.98 Å². The molecule has 0 fully saturated rings. The lowest BCUT2D eigenvalue weighted by atomic mass is 10.2. The van der Waals surface area contributed by atoms with Crippen LogP contribution in [0.25, 0.3) is 0 Å². The maximum atomic E-state index is 11.9. The molecule has 0 unspecified atom stereocenters. The van der Waals surface area contributed by atoms with Crippen LogP contribution in [0.4, 0.5) is 14.5 Å². The number of hydrogen-bond acceptors (Lipinski definition) is 2. The number of nitrogens with zero attached hydrogens (tertiary/aromatic N) is 1. The van der Waals surface area contributed by atoms with E-state index < -0.39 is 6.43 Å². The molecule has 0 atom stereocenters. The topological polar surface area (TPSA) is 38.9 Å². The van der Waals surface area contributed by atoms with E-state index in [0.717, 1.165) is 5.56 Å². The SMILES string of the molecule is Cc1cnc(CC(F)F)c(N)c1. The van der Waals surface area contributed by atoms with Crippen LogP contribution in [-0.2, 0) is 6.42 Å². The van der Waals surface area contributed by atoms with Crippen LogP contribution < -0.4 is 5.73 Å². The van der Waals surface area contributed by atoms with Gasteiger partial charge >= 0.3 is 0 Å². The fourth-order valence-corrected chi connectivity index (χ4v) is 0.937. The molecule has 0 bridgehead atoms. The summed E-state index contributed by atoms with van der Waals surface area (Å²) in [5.74, 6) is 0. The number of halogens is 2. The van der Waals surface area contributed by atoms with Crippen LogP contribution in [0.15, 0.2) is 12.3 Å². The van der Waals surface area contributed by atoms with Crippen molar-refractivity contribution in [3.8, 4) is 0 Å². The number of hydrogen-bond donors (Lipinski definition) is 1. The van der Waals surface area contributed by atoms with Crippen molar-refractivity contribution >= 4 is 5.69 Å². The summed E-state index contributed by atoms with van der Waals surface area (Å²) in [6, 6.07) is 1.64. The predicted octanol–water partition coefficient (Wildman–Crippen LogP) is 1.78. The van der Waals surface area contributed by atoms with Crippen LogP contribution in [0.3, 0.4) is 0 Å². The molecule has 12 heavy (non-hydrogen) atoms. The Morgan fingerprint density at radius 1 is 1.58 bits per heavy atom. The average Bonchev–Trinajstić information content (AvgIpc) is 1.94. The highest BCUT2D eigenvalue weighted by Gasteiger charge is 2.08. The number of nitrogens with two attached hydrogens (primary N) is 1. The molecule has 66 valence electrons. The normalized spacial score (nSPS) is 10.7. The van der Waals surface area contributed by atoms with Crippen LogP contribution in [0.1, 0.15) is 11.3 Å². The second-order valence-corrected chi connectivity index (χ2v) is 2.64. The van der Waals surface area contributed by atoms with Gasteiger partial charge in [0.15, 0.2) is 0 Å². The Morgan fingerprint density at radius 3 is 2.75 bits per heavy atom. The number of aromatic nitrogens is 1. The smallest absolute Gasteiger partial charge is 0.244 e. The van der Waals surface area contributed by atoms with E-state index in [1.807, 2.05) is 6.92 Å². The summed E-state index contributed by atoms with van der Waals surface area (Å²) in [4.78, 5) is 3.81. The molecule has 0 radical (unpaired) electrons. The van der Waals surface area contributed by atoms with Gasteiger partial charge in [0, 0.05) is 6.20 Å². The van der Waals surface area contributed by atoms with Gasteiger partial charge < -0.3 is 5.73 Å². The van der Waals surface area contributed by atoms with Gasteiger partial charge in [0.1, 0.15) is 0 Å². The van der Waals surface area contributed by atoms with Crippen molar-refractivity contribution in [2.24, 2.45) is 0 Å². The number of nitrogen functional groups attached to an aromatic ring is 1. The first-order valence-electron chi connectivity index (χ1n) is 3.58. The Morgan fingerprint density at radius 2 is 2.25 bits per heavy atom. The maximum Gasteiger partial charge on any atom is 0.244 e. The van der Waals surface area contributed by atoms with Crippen LogP contribution >= 0.6 is 0 Å². The van der Waals surface area contributed by atoms with Gasteiger partial charge in [-0.25, -0.2) is 8.78 Å². The molecule has 2 nitrogen and oxygen atoms in total. The summed E-state index contributed by atoms with van der Waals surface area (Å²) in [6.07, 6.45) is -1.22. The zero-order chi connectivity index (χ0) is 9.14. The lowest BCUT2D eigenvalue weighted by Crippen LogP contribution is -2.04. The first kappa shape index (κ1) is 8.90. The summed E-state index contributed by atoms with van der Waals surface area (Å²) < 4.78 is 23.8. The Labute approximate surface area is 69.4 Å². The third-order valence-corrected chi connectivity index (χ3v) is 1.49. The molecule has 0 aliphatic rings. The molecule has 1 aromatic rings. The summed E-state index contributed by atoms with van der Waals surface area (Å²) in [6.45, 7) is 1.81. The van der Waals surface area contributed by atoms with Gasteiger partial charge in [0.25, 0.3) is 0 Å². The monoisotopic (exact) mass is 172 g/mol. The second kappa shape index (κ2) is 3.47. The highest BCUT2D eigenvalue weighted by atomic mass is 19.3. The molecule has 0 saturated heterocycles. The molecule has 1 heterocycles. The maximum absolute atomic E-state index is 11.9. The average molecular weight is 172 g/mol. The van der Waals surface area contributed by atoms with Gasteiger partial charge in [0.2, 0.25) is 6.43 Å². The summed E-state index contributed by atoms with van der Waals surface area (Å²) >= 11 is 0. The van der Waals surface area contributed by atoms with E-state index in [1.165, 1.54) is 6.20 Å². The molecular weight excluding hydrogens is 162 g/mol. The third-order valence-electron chi connectivity index (χ3n) is 1.49. The van der Waals surface area contributed by atoms with Gasteiger partial charge in [0.05, 0.1) is 17.8 Å². The van der Waals surface area contributed by atoms with Crippen molar-refractivity contribution in [3.05, 3.63) is 23.5 Å². The summed E-state index contributed by atoms with van der Waals surface area (Å²) in [5.41, 5.74) is 6.97. The molecular formula is C8H10F2N2. The minimum Gasteiger partial charge on any atom is -0.397 e. The van der Waals surface area contributed by atoms with Crippen LogP contribution in [0, 0.1) is 6.92 Å². The number of aryl methyl sites for hydroxylation is 1. The first-order chi connectivity index (χ1) is 5.59. The highest BCUT2D eigenvalue weighted by Crippen LogP contribution is 2.13. The number of anilines is 1. The Hall–Kier alpha value is -1.19. The van der Waals surface area contributed by atoms with Crippen molar-refractivity contribution in [1.29, 1.82) is 0 Å². The third kappa shape index (κ3) is 2.15. The van der Waals surface area contributed by atoms with Crippen molar-refractivity contribution < 1.29 is 8.78 Å². The Bertz CT molecular complexity index is 274. The zero-order valence-electron chi connectivity index (χ0n) is 6.72. The first-order valence-corrected chi connectivity index (χ1v) is 3.58. The number of rotatable bonds is 2. The Kier molecular flexibility index (Phi) is 2.58. The molecule has 0 spiro atoms. The van der Waals surface area contributed by atoms with Crippen molar-refractivity contribution in [1.82, 2.24) is 4.98 Å². The van der Waals surface area contributed by atoms with Crippen molar-refractivity contribution in [3.63, 3.8) is 0 Å². The summed E-state index contributed by atoms with van der Waals surface area (Å²) in [7, 11) is 0. The van der Waals surface area contributed by atoms with Gasteiger partial charge in [-0.3, -0.25) is 4.98 Å². The molecule has 1 aromatic heterocycles. The van der Waals surface area contributed by atoms with Crippen LogP contribution in [0.2, 0.25) is 0 Å². The van der Waals surface area contributed by atoms with E-state index in [4.69, 9.17) is 5.73 Å². The predicted molar refractivity (Wildman–Crippen MR) is 43.1 cm³/mol. The highest BCUT2D eigenvalue weighted by molar-refractivity contribution is 5.44. The molecule has 0 amide bonds. The Balaban J connectivity index is 2.86. The van der Waals surface area contributed by atoms with Crippen molar-refractivity contribution in [2.75, 3.05) is 5.73 Å². The van der Waals surface area contributed by atoms with Gasteiger partial charge in [-0.15, -0.1) is 0 Å². The quantitative estimate of drug-likeness (QED) is 0.738. The van der Waals surface area contributed by atoms with Gasteiger partial charge in [-0.05, 0) is 18.6 Å². The minimum atomic E-state index is -2.39. The molecule has 4 heteroatoms. The van der Waals surface area contributed by atoms with E-state index in [0.29, 0.717) is 5.69 Å². The van der Waals surface area contributed by atoms with E-state index in [-0.39, 0.29) is 12.1 Å². The molecule has 2 N–H and O–H groups in total. The molecule has 0 aliphatic carbocycles. The van der Waals surface area contributed by atoms with Crippen LogP contribution in [-0.4, -0.2) is 11.4 Å². The molecule has 0 aromatic carbocycles. The number of alkyl halides is 2. The van der Waals surface area contributed by atoms with Crippen molar-refractivity contribution in [2.45, 2.75) is 19.8 Å². The minimum absolute atomic E-state index is 0.274. The lowest BCUT2D eigenvalue weighted by Gasteiger charge is -2.03.